The smallest absolute Gasteiger partial charge is 0.333 e. The van der Waals surface area contributed by atoms with Gasteiger partial charge in [0.25, 0.3) is 5.56 Å². The van der Waals surface area contributed by atoms with E-state index in [1.165, 1.54) is 0 Å². The van der Waals surface area contributed by atoms with E-state index in [1.807, 2.05) is 51.1 Å². The second-order valence-corrected chi connectivity index (χ2v) is 6.53. The van der Waals surface area contributed by atoms with Crippen LogP contribution in [0.1, 0.15) is 22.4 Å². The van der Waals surface area contributed by atoms with Gasteiger partial charge in [0.1, 0.15) is 4.83 Å². The van der Waals surface area contributed by atoms with Crippen molar-refractivity contribution in [2.45, 2.75) is 27.3 Å². The Bertz CT molecular complexity index is 956. The number of fused-ring (bicyclic) bond motifs is 1. The van der Waals surface area contributed by atoms with Crippen LogP contribution in [-0.2, 0) is 6.54 Å². The maximum Gasteiger partial charge on any atom is 0.338 e. The zero-order valence-corrected chi connectivity index (χ0v) is 14.0. The lowest BCUT2D eigenvalue weighted by atomic mass is 10.1. The quantitative estimate of drug-likeness (QED) is 0.786. The SMILES string of the molecule is Cc1cccc(CNC(=O)n2sc3nc(C)cc(C)c3c2=O)c1. The van der Waals surface area contributed by atoms with Crippen LogP contribution < -0.4 is 10.9 Å². The molecule has 3 rings (SSSR count). The first-order chi connectivity index (χ1) is 11.0. The minimum absolute atomic E-state index is 0.309. The van der Waals surface area contributed by atoms with Gasteiger partial charge in [0.2, 0.25) is 0 Å². The summed E-state index contributed by atoms with van der Waals surface area (Å²) in [6.45, 7) is 6.12. The number of rotatable bonds is 2. The molecule has 0 aliphatic heterocycles. The van der Waals surface area contributed by atoms with E-state index in [0.29, 0.717) is 16.8 Å². The summed E-state index contributed by atoms with van der Waals surface area (Å²) in [7, 11) is 0. The van der Waals surface area contributed by atoms with Crippen LogP contribution in [0.5, 0.6) is 0 Å². The highest BCUT2D eigenvalue weighted by Crippen LogP contribution is 2.18. The number of nitrogens with one attached hydrogen (secondary N) is 1. The van der Waals surface area contributed by atoms with Gasteiger partial charge in [-0.1, -0.05) is 29.8 Å². The Morgan fingerprint density at radius 1 is 1.26 bits per heavy atom. The van der Waals surface area contributed by atoms with Gasteiger partial charge in [-0.15, -0.1) is 0 Å². The molecule has 3 aromatic rings. The Labute approximate surface area is 137 Å². The topological polar surface area (TPSA) is 64.0 Å². The summed E-state index contributed by atoms with van der Waals surface area (Å²) >= 11 is 1.08. The van der Waals surface area contributed by atoms with Crippen LogP contribution in [0.4, 0.5) is 4.79 Å². The highest BCUT2D eigenvalue weighted by atomic mass is 32.1. The van der Waals surface area contributed by atoms with Crippen molar-refractivity contribution >= 4 is 27.8 Å². The van der Waals surface area contributed by atoms with Crippen LogP contribution in [0, 0.1) is 20.8 Å². The molecule has 6 heteroatoms. The molecule has 0 fully saturated rings. The summed E-state index contributed by atoms with van der Waals surface area (Å²) < 4.78 is 1.14. The number of pyridine rings is 1. The zero-order chi connectivity index (χ0) is 16.6. The van der Waals surface area contributed by atoms with E-state index in [0.717, 1.165) is 37.9 Å². The molecule has 2 aromatic heterocycles. The second-order valence-electron chi connectivity index (χ2n) is 5.60. The van der Waals surface area contributed by atoms with Gasteiger partial charge in [-0.2, -0.15) is 3.96 Å². The molecule has 0 aliphatic carbocycles. The third-order valence-electron chi connectivity index (χ3n) is 3.60. The van der Waals surface area contributed by atoms with Crippen molar-refractivity contribution in [3.63, 3.8) is 0 Å². The van der Waals surface area contributed by atoms with Crippen LogP contribution >= 0.6 is 11.5 Å². The van der Waals surface area contributed by atoms with E-state index in [1.54, 1.807) is 0 Å². The number of aryl methyl sites for hydroxylation is 3. The van der Waals surface area contributed by atoms with Gasteiger partial charge in [-0.3, -0.25) is 4.79 Å². The van der Waals surface area contributed by atoms with E-state index in [2.05, 4.69) is 10.3 Å². The Morgan fingerprint density at radius 2 is 2.04 bits per heavy atom. The normalized spacial score (nSPS) is 10.9. The average molecular weight is 327 g/mol. The number of benzene rings is 1. The summed E-state index contributed by atoms with van der Waals surface area (Å²) in [6, 6.07) is 9.32. The number of hydrogen-bond donors (Lipinski definition) is 1. The fourth-order valence-electron chi connectivity index (χ4n) is 2.56. The van der Waals surface area contributed by atoms with Gasteiger partial charge in [0.15, 0.2) is 0 Å². The Balaban J connectivity index is 1.88. The molecule has 0 saturated carbocycles. The highest BCUT2D eigenvalue weighted by Gasteiger charge is 2.16. The molecule has 5 nitrogen and oxygen atoms in total. The summed E-state index contributed by atoms with van der Waals surface area (Å²) in [6.07, 6.45) is 0. The van der Waals surface area contributed by atoms with Crippen LogP contribution in [0.15, 0.2) is 35.1 Å². The van der Waals surface area contributed by atoms with E-state index in [9.17, 15) is 9.59 Å². The van der Waals surface area contributed by atoms with Crippen molar-refractivity contribution in [2.24, 2.45) is 0 Å². The van der Waals surface area contributed by atoms with Gasteiger partial charge in [-0.25, -0.2) is 9.78 Å². The Morgan fingerprint density at radius 3 is 2.78 bits per heavy atom. The molecule has 2 heterocycles. The first-order valence-electron chi connectivity index (χ1n) is 7.30. The third-order valence-corrected chi connectivity index (χ3v) is 4.58. The lowest BCUT2D eigenvalue weighted by Gasteiger charge is -2.05. The first-order valence-corrected chi connectivity index (χ1v) is 8.07. The fraction of sp³-hybridized carbons (Fsp3) is 0.235. The monoisotopic (exact) mass is 327 g/mol. The number of carbonyl (C=O) groups is 1. The van der Waals surface area contributed by atoms with E-state index in [4.69, 9.17) is 0 Å². The van der Waals surface area contributed by atoms with Gasteiger partial charge in [0.05, 0.1) is 5.39 Å². The molecular weight excluding hydrogens is 310 g/mol. The summed E-state index contributed by atoms with van der Waals surface area (Å²) in [4.78, 5) is 29.7. The first kappa shape index (κ1) is 15.4. The molecule has 0 radical (unpaired) electrons. The van der Waals surface area contributed by atoms with Crippen molar-refractivity contribution < 1.29 is 4.79 Å². The van der Waals surface area contributed by atoms with Gasteiger partial charge < -0.3 is 5.32 Å². The number of hydrogen-bond acceptors (Lipinski definition) is 4. The number of carbonyl (C=O) groups excluding carboxylic acids is 1. The lowest BCUT2D eigenvalue weighted by molar-refractivity contribution is 0.243. The van der Waals surface area contributed by atoms with Crippen molar-refractivity contribution in [1.29, 1.82) is 0 Å². The highest BCUT2D eigenvalue weighted by molar-refractivity contribution is 7.14. The standard InChI is InChI=1S/C17H17N3O2S/c1-10-5-4-6-13(7-10)9-18-17(22)20-16(21)14-11(2)8-12(3)19-15(14)23-20/h4-8H,9H2,1-3H3,(H,18,22). The predicted octanol–water partition coefficient (Wildman–Crippen LogP) is 3.14. The van der Waals surface area contributed by atoms with Crippen molar-refractivity contribution in [3.05, 3.63) is 63.1 Å². The van der Waals surface area contributed by atoms with Gasteiger partial charge in [0, 0.05) is 12.2 Å². The molecule has 0 saturated heterocycles. The fourth-order valence-corrected chi connectivity index (χ4v) is 3.58. The van der Waals surface area contributed by atoms with Crippen LogP contribution in [0.2, 0.25) is 0 Å². The van der Waals surface area contributed by atoms with Crippen molar-refractivity contribution in [3.8, 4) is 0 Å². The molecule has 0 atom stereocenters. The predicted molar refractivity (Wildman–Crippen MR) is 92.2 cm³/mol. The van der Waals surface area contributed by atoms with E-state index < -0.39 is 6.03 Å². The second kappa shape index (κ2) is 5.96. The van der Waals surface area contributed by atoms with Crippen LogP contribution in [-0.4, -0.2) is 15.0 Å². The number of aromatic nitrogens is 2. The van der Waals surface area contributed by atoms with Crippen LogP contribution in [0.3, 0.4) is 0 Å². The third kappa shape index (κ3) is 3.03. The van der Waals surface area contributed by atoms with Crippen LogP contribution in [0.25, 0.3) is 10.2 Å². The molecule has 1 amide bonds. The van der Waals surface area contributed by atoms with Gasteiger partial charge >= 0.3 is 6.03 Å². The molecule has 118 valence electrons. The summed E-state index contributed by atoms with van der Waals surface area (Å²) in [5, 5.41) is 3.30. The molecule has 1 aromatic carbocycles. The van der Waals surface area contributed by atoms with E-state index >= 15 is 0 Å². The molecule has 0 bridgehead atoms. The maximum atomic E-state index is 12.4. The molecule has 23 heavy (non-hydrogen) atoms. The number of nitrogens with zero attached hydrogens (tertiary/aromatic N) is 2. The Hall–Kier alpha value is -2.47. The molecular formula is C17H17N3O2S. The summed E-state index contributed by atoms with van der Waals surface area (Å²) in [5.74, 6) is 0. The number of amides is 1. The van der Waals surface area contributed by atoms with Crippen molar-refractivity contribution in [2.75, 3.05) is 0 Å². The molecule has 0 unspecified atom stereocenters. The minimum atomic E-state index is -0.420. The Kier molecular flexibility index (Phi) is 4.00. The lowest BCUT2D eigenvalue weighted by Crippen LogP contribution is -2.32. The largest absolute Gasteiger partial charge is 0.338 e. The average Bonchev–Trinajstić information content (AvgIpc) is 2.82. The van der Waals surface area contributed by atoms with Crippen molar-refractivity contribution in [1.82, 2.24) is 14.3 Å². The maximum absolute atomic E-state index is 12.4. The van der Waals surface area contributed by atoms with Gasteiger partial charge in [-0.05, 0) is 49.5 Å². The molecule has 1 N–H and O–H groups in total. The minimum Gasteiger partial charge on any atom is -0.333 e. The summed E-state index contributed by atoms with van der Waals surface area (Å²) in [5.41, 5.74) is 3.50. The molecule has 0 spiro atoms. The molecule has 0 aliphatic rings. The van der Waals surface area contributed by atoms with E-state index in [-0.39, 0.29) is 5.56 Å². The zero-order valence-electron chi connectivity index (χ0n) is 13.2.